The summed E-state index contributed by atoms with van der Waals surface area (Å²) in [7, 11) is 0. The monoisotopic (exact) mass is 286 g/mol. The Bertz CT molecular complexity index is 627. The first kappa shape index (κ1) is 13.9. The van der Waals surface area contributed by atoms with Crippen LogP contribution in [0.5, 0.6) is 0 Å². The zero-order valence-electron chi connectivity index (χ0n) is 12.1. The zero-order chi connectivity index (χ0) is 14.8. The van der Waals surface area contributed by atoms with Gasteiger partial charge in [0.2, 0.25) is 0 Å². The second kappa shape index (κ2) is 5.77. The van der Waals surface area contributed by atoms with Gasteiger partial charge in [-0.3, -0.25) is 4.90 Å². The molecule has 0 amide bonds. The van der Waals surface area contributed by atoms with Crippen molar-refractivity contribution >= 4 is 5.82 Å². The number of hydrogen-bond acceptors (Lipinski definition) is 4. The van der Waals surface area contributed by atoms with Gasteiger partial charge in [0, 0.05) is 6.54 Å². The number of halogens is 1. The second-order valence-electron chi connectivity index (χ2n) is 5.60. The van der Waals surface area contributed by atoms with Crippen molar-refractivity contribution in [1.29, 1.82) is 0 Å². The van der Waals surface area contributed by atoms with E-state index in [9.17, 15) is 4.39 Å². The van der Waals surface area contributed by atoms with E-state index in [2.05, 4.69) is 15.1 Å². The SMILES string of the molecule is Cc1cc(CN2CCCC2c2ccc(N)nn2)ccc1F. The fourth-order valence-electron chi connectivity index (χ4n) is 2.92. The van der Waals surface area contributed by atoms with Gasteiger partial charge in [-0.25, -0.2) is 4.39 Å². The van der Waals surface area contributed by atoms with Crippen LogP contribution in [0.4, 0.5) is 10.2 Å². The molecule has 0 spiro atoms. The van der Waals surface area contributed by atoms with E-state index in [1.165, 1.54) is 0 Å². The summed E-state index contributed by atoms with van der Waals surface area (Å²) in [6.45, 7) is 3.62. The van der Waals surface area contributed by atoms with Gasteiger partial charge in [0.05, 0.1) is 11.7 Å². The van der Waals surface area contributed by atoms with E-state index in [0.29, 0.717) is 11.4 Å². The zero-order valence-corrected chi connectivity index (χ0v) is 12.1. The molecule has 0 bridgehead atoms. The Hall–Kier alpha value is -2.01. The van der Waals surface area contributed by atoms with Gasteiger partial charge in [-0.2, -0.15) is 5.10 Å². The summed E-state index contributed by atoms with van der Waals surface area (Å²) < 4.78 is 13.3. The maximum Gasteiger partial charge on any atom is 0.146 e. The summed E-state index contributed by atoms with van der Waals surface area (Å²) in [6, 6.07) is 9.32. The number of nitrogen functional groups attached to an aromatic ring is 1. The van der Waals surface area contributed by atoms with E-state index in [1.54, 1.807) is 19.1 Å². The van der Waals surface area contributed by atoms with E-state index in [4.69, 9.17) is 5.73 Å². The molecule has 2 heterocycles. The van der Waals surface area contributed by atoms with Gasteiger partial charge in [-0.1, -0.05) is 12.1 Å². The highest BCUT2D eigenvalue weighted by molar-refractivity contribution is 5.27. The summed E-state index contributed by atoms with van der Waals surface area (Å²) in [4.78, 5) is 2.37. The Morgan fingerprint density at radius 1 is 1.29 bits per heavy atom. The average molecular weight is 286 g/mol. The van der Waals surface area contributed by atoms with Crippen LogP contribution in [0.25, 0.3) is 0 Å². The molecule has 0 aliphatic carbocycles. The van der Waals surface area contributed by atoms with Crippen LogP contribution < -0.4 is 5.73 Å². The number of rotatable bonds is 3. The topological polar surface area (TPSA) is 55.0 Å². The third-order valence-electron chi connectivity index (χ3n) is 4.02. The van der Waals surface area contributed by atoms with Crippen LogP contribution >= 0.6 is 0 Å². The number of nitrogens with zero attached hydrogens (tertiary/aromatic N) is 3. The number of nitrogens with two attached hydrogens (primary N) is 1. The minimum atomic E-state index is -0.152. The van der Waals surface area contributed by atoms with Gasteiger partial charge < -0.3 is 5.73 Å². The maximum atomic E-state index is 13.3. The molecular weight excluding hydrogens is 267 g/mol. The van der Waals surface area contributed by atoms with Gasteiger partial charge in [-0.15, -0.1) is 5.10 Å². The number of aryl methyl sites for hydroxylation is 1. The molecular formula is C16H19FN4. The molecule has 3 rings (SSSR count). The first-order valence-electron chi connectivity index (χ1n) is 7.21. The lowest BCUT2D eigenvalue weighted by atomic mass is 10.1. The standard InChI is InChI=1S/C16H19FN4/c1-11-9-12(4-5-13(11)17)10-21-8-2-3-15(21)14-6-7-16(18)20-19-14/h4-7,9,15H,2-3,8,10H2,1H3,(H2,18,20). The predicted octanol–water partition coefficient (Wildman–Crippen LogP) is 2.84. The van der Waals surface area contributed by atoms with Gasteiger partial charge in [0.1, 0.15) is 11.6 Å². The molecule has 1 atom stereocenters. The molecule has 0 radical (unpaired) electrons. The van der Waals surface area contributed by atoms with Crippen LogP contribution in [0.15, 0.2) is 30.3 Å². The lowest BCUT2D eigenvalue weighted by molar-refractivity contribution is 0.243. The van der Waals surface area contributed by atoms with Gasteiger partial charge in [0.25, 0.3) is 0 Å². The van der Waals surface area contributed by atoms with Crippen molar-refractivity contribution < 1.29 is 4.39 Å². The van der Waals surface area contributed by atoms with Crippen LogP contribution in [0, 0.1) is 12.7 Å². The summed E-state index contributed by atoms with van der Waals surface area (Å²) >= 11 is 0. The van der Waals surface area contributed by atoms with E-state index in [1.807, 2.05) is 18.2 Å². The number of hydrogen-bond donors (Lipinski definition) is 1. The highest BCUT2D eigenvalue weighted by Crippen LogP contribution is 2.32. The molecule has 21 heavy (non-hydrogen) atoms. The van der Waals surface area contributed by atoms with Crippen molar-refractivity contribution in [2.45, 2.75) is 32.4 Å². The third-order valence-corrected chi connectivity index (χ3v) is 4.02. The largest absolute Gasteiger partial charge is 0.382 e. The first-order chi connectivity index (χ1) is 10.1. The fourth-order valence-corrected chi connectivity index (χ4v) is 2.92. The number of likely N-dealkylation sites (tertiary alicyclic amines) is 1. The Kier molecular flexibility index (Phi) is 3.84. The maximum absolute atomic E-state index is 13.3. The average Bonchev–Trinajstić information content (AvgIpc) is 2.92. The highest BCUT2D eigenvalue weighted by atomic mass is 19.1. The van der Waals surface area contributed by atoms with Crippen LogP contribution in [-0.2, 0) is 6.54 Å². The smallest absolute Gasteiger partial charge is 0.146 e. The molecule has 5 heteroatoms. The third kappa shape index (κ3) is 3.03. The molecule has 2 aromatic rings. The Morgan fingerprint density at radius 3 is 2.86 bits per heavy atom. The molecule has 1 aromatic carbocycles. The van der Waals surface area contributed by atoms with Gasteiger partial charge >= 0.3 is 0 Å². The van der Waals surface area contributed by atoms with Gasteiger partial charge in [-0.05, 0) is 55.6 Å². The molecule has 0 saturated carbocycles. The summed E-state index contributed by atoms with van der Waals surface area (Å²) in [5, 5.41) is 8.15. The van der Waals surface area contributed by atoms with Crippen LogP contribution in [-0.4, -0.2) is 21.6 Å². The Balaban J connectivity index is 1.77. The van der Waals surface area contributed by atoms with Crippen molar-refractivity contribution in [1.82, 2.24) is 15.1 Å². The minimum absolute atomic E-state index is 0.152. The number of benzene rings is 1. The van der Waals surface area contributed by atoms with E-state index >= 15 is 0 Å². The van der Waals surface area contributed by atoms with Crippen molar-refractivity contribution in [3.05, 3.63) is 53.0 Å². The molecule has 1 saturated heterocycles. The van der Waals surface area contributed by atoms with Gasteiger partial charge in [0.15, 0.2) is 0 Å². The lowest BCUT2D eigenvalue weighted by Gasteiger charge is -2.24. The molecule has 1 fully saturated rings. The molecule has 4 nitrogen and oxygen atoms in total. The molecule has 1 unspecified atom stereocenters. The molecule has 1 aromatic heterocycles. The van der Waals surface area contributed by atoms with Crippen molar-refractivity contribution in [2.24, 2.45) is 0 Å². The van der Waals surface area contributed by atoms with Crippen molar-refractivity contribution in [2.75, 3.05) is 12.3 Å². The first-order valence-corrected chi connectivity index (χ1v) is 7.21. The van der Waals surface area contributed by atoms with Crippen LogP contribution in [0.3, 0.4) is 0 Å². The molecule has 2 N–H and O–H groups in total. The van der Waals surface area contributed by atoms with Crippen LogP contribution in [0.1, 0.15) is 35.7 Å². The Morgan fingerprint density at radius 2 is 2.14 bits per heavy atom. The fraction of sp³-hybridized carbons (Fsp3) is 0.375. The normalized spacial score (nSPS) is 19.0. The summed E-state index contributed by atoms with van der Waals surface area (Å²) in [6.07, 6.45) is 2.20. The lowest BCUT2D eigenvalue weighted by Crippen LogP contribution is -2.23. The Labute approximate surface area is 123 Å². The minimum Gasteiger partial charge on any atom is -0.382 e. The predicted molar refractivity (Wildman–Crippen MR) is 80.0 cm³/mol. The molecule has 1 aliphatic heterocycles. The summed E-state index contributed by atoms with van der Waals surface area (Å²) in [5.41, 5.74) is 8.37. The quantitative estimate of drug-likeness (QED) is 0.942. The number of aromatic nitrogens is 2. The second-order valence-corrected chi connectivity index (χ2v) is 5.60. The van der Waals surface area contributed by atoms with E-state index < -0.39 is 0 Å². The number of anilines is 1. The van der Waals surface area contributed by atoms with Crippen molar-refractivity contribution in [3.63, 3.8) is 0 Å². The van der Waals surface area contributed by atoms with E-state index in [-0.39, 0.29) is 11.9 Å². The van der Waals surface area contributed by atoms with E-state index in [0.717, 1.165) is 37.2 Å². The van der Waals surface area contributed by atoms with Crippen LogP contribution in [0.2, 0.25) is 0 Å². The molecule has 1 aliphatic rings. The summed E-state index contributed by atoms with van der Waals surface area (Å²) in [5.74, 6) is 0.290. The highest BCUT2D eigenvalue weighted by Gasteiger charge is 2.27. The van der Waals surface area contributed by atoms with Crippen molar-refractivity contribution in [3.8, 4) is 0 Å². The molecule has 110 valence electrons.